The van der Waals surface area contributed by atoms with Crippen LogP contribution in [0.4, 0.5) is 0 Å². The predicted molar refractivity (Wildman–Crippen MR) is 110 cm³/mol. The molecule has 2 heterocycles. The summed E-state index contributed by atoms with van der Waals surface area (Å²) in [5.41, 5.74) is 6.94. The number of halogens is 1. The van der Waals surface area contributed by atoms with Gasteiger partial charge in [-0.15, -0.1) is 12.4 Å². The number of hydrogen-bond donors (Lipinski definition) is 1. The van der Waals surface area contributed by atoms with Crippen LogP contribution in [0.25, 0.3) is 11.0 Å². The first-order chi connectivity index (χ1) is 13.0. The van der Waals surface area contributed by atoms with Crippen molar-refractivity contribution in [2.24, 2.45) is 11.7 Å². The van der Waals surface area contributed by atoms with Gasteiger partial charge in [-0.1, -0.05) is 30.3 Å². The Labute approximate surface area is 169 Å². The summed E-state index contributed by atoms with van der Waals surface area (Å²) in [6.45, 7) is 1.21. The summed E-state index contributed by atoms with van der Waals surface area (Å²) in [7, 11) is -3.67. The number of nitrogens with two attached hydrogens (primary N) is 1. The fraction of sp³-hybridized carbons (Fsp3) is 0.250. The summed E-state index contributed by atoms with van der Waals surface area (Å²) in [4.78, 5) is 11.5. The minimum atomic E-state index is -3.67. The zero-order chi connectivity index (χ0) is 19.0. The van der Waals surface area contributed by atoms with Crippen molar-refractivity contribution in [3.63, 3.8) is 0 Å². The Balaban J connectivity index is 0.00000225. The molecule has 1 fully saturated rings. The molecule has 0 amide bonds. The number of fused-ring (bicyclic) bond motifs is 1. The van der Waals surface area contributed by atoms with Crippen molar-refractivity contribution in [3.8, 4) is 0 Å². The number of hydrogen-bond acceptors (Lipinski definition) is 5. The van der Waals surface area contributed by atoms with E-state index in [1.54, 1.807) is 12.1 Å². The summed E-state index contributed by atoms with van der Waals surface area (Å²) in [6.07, 6.45) is 0. The van der Waals surface area contributed by atoms with E-state index in [-0.39, 0.29) is 29.1 Å². The maximum absolute atomic E-state index is 13.2. The molecule has 1 aliphatic rings. The van der Waals surface area contributed by atoms with E-state index in [1.807, 2.05) is 30.3 Å². The van der Waals surface area contributed by atoms with Gasteiger partial charge in [0.1, 0.15) is 5.58 Å². The van der Waals surface area contributed by atoms with Gasteiger partial charge in [0.05, 0.1) is 4.90 Å². The Hall–Kier alpha value is -2.19. The van der Waals surface area contributed by atoms with Crippen LogP contribution >= 0.6 is 12.4 Å². The molecule has 0 spiro atoms. The molecule has 3 aromatic rings. The van der Waals surface area contributed by atoms with Gasteiger partial charge < -0.3 is 10.2 Å². The predicted octanol–water partition coefficient (Wildman–Crippen LogP) is 2.58. The van der Waals surface area contributed by atoms with Crippen LogP contribution in [-0.4, -0.2) is 32.4 Å². The van der Waals surface area contributed by atoms with Crippen LogP contribution < -0.4 is 11.4 Å². The molecule has 1 aliphatic heterocycles. The maximum Gasteiger partial charge on any atom is 0.336 e. The molecule has 28 heavy (non-hydrogen) atoms. The van der Waals surface area contributed by atoms with Crippen molar-refractivity contribution in [1.82, 2.24) is 4.31 Å². The van der Waals surface area contributed by atoms with Crippen LogP contribution in [0.2, 0.25) is 0 Å². The highest BCUT2D eigenvalue weighted by Crippen LogP contribution is 2.35. The molecular formula is C20H21ClN2O4S. The molecule has 1 aromatic heterocycles. The van der Waals surface area contributed by atoms with Crippen LogP contribution in [0.15, 0.2) is 74.8 Å². The molecule has 8 heteroatoms. The van der Waals surface area contributed by atoms with E-state index in [0.29, 0.717) is 30.6 Å². The molecular weight excluding hydrogens is 400 g/mol. The van der Waals surface area contributed by atoms with Gasteiger partial charge in [0.25, 0.3) is 0 Å². The Morgan fingerprint density at radius 1 is 1.04 bits per heavy atom. The highest BCUT2D eigenvalue weighted by Gasteiger charge is 2.39. The van der Waals surface area contributed by atoms with Crippen molar-refractivity contribution in [2.45, 2.75) is 10.8 Å². The van der Waals surface area contributed by atoms with Gasteiger partial charge >= 0.3 is 5.63 Å². The molecule has 6 nitrogen and oxygen atoms in total. The molecule has 0 unspecified atom stereocenters. The summed E-state index contributed by atoms with van der Waals surface area (Å²) >= 11 is 0. The average molecular weight is 421 g/mol. The molecule has 2 aromatic carbocycles. The van der Waals surface area contributed by atoms with E-state index < -0.39 is 15.6 Å². The summed E-state index contributed by atoms with van der Waals surface area (Å²) in [6, 6.07) is 17.3. The summed E-state index contributed by atoms with van der Waals surface area (Å²) in [5.74, 6) is 0.144. The largest absolute Gasteiger partial charge is 0.423 e. The fourth-order valence-electron chi connectivity index (χ4n) is 3.70. The van der Waals surface area contributed by atoms with Crippen LogP contribution in [0, 0.1) is 5.92 Å². The highest BCUT2D eigenvalue weighted by atomic mass is 35.5. The normalized spacial score (nSPS) is 20.2. The quantitative estimate of drug-likeness (QED) is 0.654. The topological polar surface area (TPSA) is 93.6 Å². The third kappa shape index (κ3) is 3.71. The van der Waals surface area contributed by atoms with Crippen molar-refractivity contribution in [3.05, 3.63) is 76.6 Å². The molecule has 0 bridgehead atoms. The summed E-state index contributed by atoms with van der Waals surface area (Å²) < 4.78 is 32.9. The Bertz CT molecular complexity index is 1130. The second-order valence-electron chi connectivity index (χ2n) is 6.79. The van der Waals surface area contributed by atoms with E-state index in [1.165, 1.54) is 22.5 Å². The molecule has 0 saturated carbocycles. The lowest BCUT2D eigenvalue weighted by Crippen LogP contribution is -2.30. The van der Waals surface area contributed by atoms with E-state index in [4.69, 9.17) is 10.2 Å². The zero-order valence-electron chi connectivity index (χ0n) is 15.0. The Morgan fingerprint density at radius 3 is 2.50 bits per heavy atom. The van der Waals surface area contributed by atoms with Crippen molar-refractivity contribution >= 4 is 33.4 Å². The van der Waals surface area contributed by atoms with Crippen LogP contribution in [0.5, 0.6) is 0 Å². The average Bonchev–Trinajstić information content (AvgIpc) is 3.13. The zero-order valence-corrected chi connectivity index (χ0v) is 16.7. The lowest BCUT2D eigenvalue weighted by Gasteiger charge is -2.17. The van der Waals surface area contributed by atoms with Gasteiger partial charge in [-0.3, -0.25) is 0 Å². The first-order valence-corrected chi connectivity index (χ1v) is 10.2. The third-order valence-electron chi connectivity index (χ3n) is 5.17. The minimum absolute atomic E-state index is 0. The van der Waals surface area contributed by atoms with Crippen LogP contribution in [-0.2, 0) is 10.0 Å². The first-order valence-electron chi connectivity index (χ1n) is 8.78. The van der Waals surface area contributed by atoms with E-state index in [0.717, 1.165) is 5.56 Å². The molecule has 0 radical (unpaired) electrons. The van der Waals surface area contributed by atoms with E-state index in [2.05, 4.69) is 0 Å². The first kappa shape index (κ1) is 20.5. The number of sulfonamides is 1. The van der Waals surface area contributed by atoms with Gasteiger partial charge in [0, 0.05) is 30.5 Å². The molecule has 0 aliphatic carbocycles. The van der Waals surface area contributed by atoms with Gasteiger partial charge in [0.15, 0.2) is 0 Å². The molecule has 148 valence electrons. The molecule has 2 N–H and O–H groups in total. The highest BCUT2D eigenvalue weighted by molar-refractivity contribution is 7.89. The summed E-state index contributed by atoms with van der Waals surface area (Å²) in [5, 5.41) is 0.574. The van der Waals surface area contributed by atoms with Crippen molar-refractivity contribution in [2.75, 3.05) is 19.6 Å². The Kier molecular flexibility index (Phi) is 5.90. The van der Waals surface area contributed by atoms with Crippen molar-refractivity contribution in [1.29, 1.82) is 0 Å². The second-order valence-corrected chi connectivity index (χ2v) is 8.73. The third-order valence-corrected chi connectivity index (χ3v) is 6.99. The van der Waals surface area contributed by atoms with Gasteiger partial charge in [-0.05, 0) is 42.3 Å². The van der Waals surface area contributed by atoms with Gasteiger partial charge in [-0.25, -0.2) is 13.2 Å². The second kappa shape index (κ2) is 8.05. The monoisotopic (exact) mass is 420 g/mol. The number of nitrogens with zero attached hydrogens (tertiary/aromatic N) is 1. The van der Waals surface area contributed by atoms with E-state index >= 15 is 0 Å². The molecule has 4 rings (SSSR count). The van der Waals surface area contributed by atoms with Gasteiger partial charge in [0.2, 0.25) is 10.0 Å². The van der Waals surface area contributed by atoms with Crippen molar-refractivity contribution < 1.29 is 12.8 Å². The molecule has 1 saturated heterocycles. The Morgan fingerprint density at radius 2 is 1.79 bits per heavy atom. The lowest BCUT2D eigenvalue weighted by atomic mass is 9.89. The smallest absolute Gasteiger partial charge is 0.336 e. The van der Waals surface area contributed by atoms with E-state index in [9.17, 15) is 13.2 Å². The minimum Gasteiger partial charge on any atom is -0.423 e. The number of rotatable bonds is 4. The number of benzene rings is 2. The van der Waals surface area contributed by atoms with Gasteiger partial charge in [-0.2, -0.15) is 4.31 Å². The SMILES string of the molecule is Cl.NC[C@@H]1CN(S(=O)(=O)c2ccc3oc(=O)ccc3c2)C[C@H]1c1ccccc1. The maximum atomic E-state index is 13.2. The van der Waals surface area contributed by atoms with Crippen LogP contribution in [0.1, 0.15) is 11.5 Å². The molecule has 2 atom stereocenters. The lowest BCUT2D eigenvalue weighted by molar-refractivity contribution is 0.459. The standard InChI is InChI=1S/C20H20N2O4S.ClH/c21-11-16-12-22(13-18(16)14-4-2-1-3-5-14)27(24,25)17-7-8-19-15(10-17)6-9-20(23)26-19;/h1-10,16,18H,11-13,21H2;1H/t16-,18+;/m1./s1. The van der Waals surface area contributed by atoms with Crippen LogP contribution in [0.3, 0.4) is 0 Å². The fourth-order valence-corrected chi connectivity index (χ4v) is 5.26.